The van der Waals surface area contributed by atoms with Gasteiger partial charge in [0.2, 0.25) is 0 Å². The first-order valence-corrected chi connectivity index (χ1v) is 6.48. The van der Waals surface area contributed by atoms with E-state index in [9.17, 15) is 4.79 Å². The summed E-state index contributed by atoms with van der Waals surface area (Å²) in [7, 11) is 1.64. The SMILES string of the molecule is CCN(C(=O)c1cc(N)c(C)s1)C(C)COC. The Bertz CT molecular complexity index is 370. The fraction of sp³-hybridized carbons (Fsp3) is 0.583. The van der Waals surface area contributed by atoms with Crippen molar-refractivity contribution in [3.63, 3.8) is 0 Å². The lowest BCUT2D eigenvalue weighted by molar-refractivity contribution is 0.0584. The van der Waals surface area contributed by atoms with Gasteiger partial charge in [-0.25, -0.2) is 0 Å². The minimum atomic E-state index is 0.0295. The molecule has 0 radical (unpaired) electrons. The summed E-state index contributed by atoms with van der Waals surface area (Å²) in [4.78, 5) is 15.8. The number of thiophene rings is 1. The van der Waals surface area contributed by atoms with Gasteiger partial charge in [-0.2, -0.15) is 0 Å². The van der Waals surface area contributed by atoms with Crippen LogP contribution in [-0.4, -0.2) is 37.1 Å². The number of carbonyl (C=O) groups is 1. The van der Waals surface area contributed by atoms with Crippen LogP contribution >= 0.6 is 11.3 Å². The number of nitrogens with zero attached hydrogens (tertiary/aromatic N) is 1. The molecule has 1 rings (SSSR count). The Kier molecular flexibility index (Phi) is 4.96. The Labute approximate surface area is 106 Å². The number of ether oxygens (including phenoxy) is 1. The Balaban J connectivity index is 2.85. The Morgan fingerprint density at radius 1 is 1.65 bits per heavy atom. The summed E-state index contributed by atoms with van der Waals surface area (Å²) in [6.45, 7) is 7.08. The number of nitrogens with two attached hydrogens (primary N) is 1. The number of anilines is 1. The van der Waals surface area contributed by atoms with Crippen molar-refractivity contribution < 1.29 is 9.53 Å². The molecule has 2 N–H and O–H groups in total. The first-order valence-electron chi connectivity index (χ1n) is 5.67. The fourth-order valence-electron chi connectivity index (χ4n) is 1.73. The van der Waals surface area contributed by atoms with Crippen molar-refractivity contribution in [3.05, 3.63) is 15.8 Å². The second kappa shape index (κ2) is 6.02. The number of likely N-dealkylation sites (N-methyl/N-ethyl adjacent to an activating group) is 1. The van der Waals surface area contributed by atoms with Crippen LogP contribution in [-0.2, 0) is 4.74 Å². The average molecular weight is 256 g/mol. The maximum absolute atomic E-state index is 12.3. The van der Waals surface area contributed by atoms with E-state index >= 15 is 0 Å². The second-order valence-electron chi connectivity index (χ2n) is 4.02. The van der Waals surface area contributed by atoms with Gasteiger partial charge in [0.05, 0.1) is 17.5 Å². The lowest BCUT2D eigenvalue weighted by Crippen LogP contribution is -2.40. The van der Waals surface area contributed by atoms with Crippen molar-refractivity contribution in [1.82, 2.24) is 4.90 Å². The van der Waals surface area contributed by atoms with E-state index < -0.39 is 0 Å². The first kappa shape index (κ1) is 14.0. The quantitative estimate of drug-likeness (QED) is 0.878. The predicted molar refractivity (Wildman–Crippen MR) is 71.5 cm³/mol. The van der Waals surface area contributed by atoms with Crippen molar-refractivity contribution in [3.8, 4) is 0 Å². The third-order valence-electron chi connectivity index (χ3n) is 2.71. The number of aryl methyl sites for hydroxylation is 1. The molecule has 0 aliphatic rings. The second-order valence-corrected chi connectivity index (χ2v) is 5.27. The first-order chi connectivity index (χ1) is 8.01. The minimum absolute atomic E-state index is 0.0295. The summed E-state index contributed by atoms with van der Waals surface area (Å²) in [6.07, 6.45) is 0. The van der Waals surface area contributed by atoms with Crippen LogP contribution < -0.4 is 5.73 Å². The van der Waals surface area contributed by atoms with E-state index in [0.29, 0.717) is 23.7 Å². The number of hydrogen-bond acceptors (Lipinski definition) is 4. The average Bonchev–Trinajstić information content (AvgIpc) is 2.60. The highest BCUT2D eigenvalue weighted by Crippen LogP contribution is 2.25. The Hall–Kier alpha value is -1.07. The van der Waals surface area contributed by atoms with Crippen molar-refractivity contribution in [2.75, 3.05) is 26.0 Å². The highest BCUT2D eigenvalue weighted by Gasteiger charge is 2.21. The molecule has 17 heavy (non-hydrogen) atoms. The third-order valence-corrected chi connectivity index (χ3v) is 3.76. The molecule has 0 fully saturated rings. The van der Waals surface area contributed by atoms with Gasteiger partial charge in [-0.3, -0.25) is 4.79 Å². The van der Waals surface area contributed by atoms with Crippen LogP contribution in [0.3, 0.4) is 0 Å². The summed E-state index contributed by atoms with van der Waals surface area (Å²) in [5.41, 5.74) is 6.46. The zero-order valence-corrected chi connectivity index (χ0v) is 11.6. The molecule has 0 aromatic carbocycles. The van der Waals surface area contributed by atoms with Gasteiger partial charge in [0, 0.05) is 24.2 Å². The molecule has 0 aliphatic carbocycles. The number of rotatable bonds is 5. The summed E-state index contributed by atoms with van der Waals surface area (Å²) in [6, 6.07) is 1.82. The van der Waals surface area contributed by atoms with Crippen LogP contribution in [0.1, 0.15) is 28.4 Å². The molecule has 1 aromatic heterocycles. The number of hydrogen-bond donors (Lipinski definition) is 1. The Morgan fingerprint density at radius 3 is 2.71 bits per heavy atom. The maximum atomic E-state index is 12.3. The van der Waals surface area contributed by atoms with Crippen molar-refractivity contribution in [2.45, 2.75) is 26.8 Å². The van der Waals surface area contributed by atoms with Gasteiger partial charge >= 0.3 is 0 Å². The predicted octanol–water partition coefficient (Wildman–Crippen LogP) is 2.14. The van der Waals surface area contributed by atoms with Crippen LogP contribution in [0, 0.1) is 6.92 Å². The number of nitrogen functional groups attached to an aromatic ring is 1. The molecule has 1 heterocycles. The molecular weight excluding hydrogens is 236 g/mol. The number of carbonyl (C=O) groups excluding carboxylic acids is 1. The fourth-order valence-corrected chi connectivity index (χ4v) is 2.63. The molecule has 4 nitrogen and oxygen atoms in total. The molecule has 0 saturated heterocycles. The van der Waals surface area contributed by atoms with E-state index in [2.05, 4.69) is 0 Å². The maximum Gasteiger partial charge on any atom is 0.264 e. The lowest BCUT2D eigenvalue weighted by Gasteiger charge is -2.27. The van der Waals surface area contributed by atoms with E-state index in [1.165, 1.54) is 11.3 Å². The number of amides is 1. The lowest BCUT2D eigenvalue weighted by atomic mass is 10.2. The molecular formula is C12H20N2O2S. The molecule has 5 heteroatoms. The molecule has 0 saturated carbocycles. The van der Waals surface area contributed by atoms with Crippen LogP contribution in [0.2, 0.25) is 0 Å². The summed E-state index contributed by atoms with van der Waals surface area (Å²) in [5, 5.41) is 0. The minimum Gasteiger partial charge on any atom is -0.398 e. The highest BCUT2D eigenvalue weighted by molar-refractivity contribution is 7.14. The monoisotopic (exact) mass is 256 g/mol. The van der Waals surface area contributed by atoms with E-state index in [1.807, 2.05) is 20.8 Å². The summed E-state index contributed by atoms with van der Waals surface area (Å²) in [5.74, 6) is 0.0295. The molecule has 1 atom stereocenters. The van der Waals surface area contributed by atoms with Crippen molar-refractivity contribution in [1.29, 1.82) is 0 Å². The van der Waals surface area contributed by atoms with E-state index in [0.717, 1.165) is 4.88 Å². The van der Waals surface area contributed by atoms with E-state index in [-0.39, 0.29) is 11.9 Å². The molecule has 1 unspecified atom stereocenters. The molecule has 96 valence electrons. The third kappa shape index (κ3) is 3.20. The largest absolute Gasteiger partial charge is 0.398 e. The summed E-state index contributed by atoms with van der Waals surface area (Å²) < 4.78 is 5.09. The molecule has 1 aromatic rings. The van der Waals surface area contributed by atoms with E-state index in [4.69, 9.17) is 10.5 Å². The zero-order valence-electron chi connectivity index (χ0n) is 10.8. The summed E-state index contributed by atoms with van der Waals surface area (Å²) >= 11 is 1.44. The van der Waals surface area contributed by atoms with Crippen LogP contribution in [0.25, 0.3) is 0 Å². The standard InChI is InChI=1S/C12H20N2O2S/c1-5-14(8(2)7-16-4)12(15)11-6-10(13)9(3)17-11/h6,8H,5,7,13H2,1-4H3. The van der Waals surface area contributed by atoms with Gasteiger partial charge in [0.25, 0.3) is 5.91 Å². The van der Waals surface area contributed by atoms with Crippen molar-refractivity contribution >= 4 is 22.9 Å². The van der Waals surface area contributed by atoms with Gasteiger partial charge in [-0.05, 0) is 26.8 Å². The van der Waals surface area contributed by atoms with Crippen LogP contribution in [0.4, 0.5) is 5.69 Å². The highest BCUT2D eigenvalue weighted by atomic mass is 32.1. The van der Waals surface area contributed by atoms with Gasteiger partial charge in [0.1, 0.15) is 0 Å². The van der Waals surface area contributed by atoms with Gasteiger partial charge in [-0.15, -0.1) is 11.3 Å². The van der Waals surface area contributed by atoms with Crippen molar-refractivity contribution in [2.24, 2.45) is 0 Å². The van der Waals surface area contributed by atoms with Crippen LogP contribution in [0.5, 0.6) is 0 Å². The molecule has 0 bridgehead atoms. The zero-order chi connectivity index (χ0) is 13.0. The molecule has 0 spiro atoms. The van der Waals surface area contributed by atoms with E-state index in [1.54, 1.807) is 18.1 Å². The molecule has 0 aliphatic heterocycles. The van der Waals surface area contributed by atoms with Crippen LogP contribution in [0.15, 0.2) is 6.07 Å². The van der Waals surface area contributed by atoms with Gasteiger partial charge < -0.3 is 15.4 Å². The number of methoxy groups -OCH3 is 1. The Morgan fingerprint density at radius 2 is 2.29 bits per heavy atom. The van der Waals surface area contributed by atoms with Gasteiger partial charge in [-0.1, -0.05) is 0 Å². The topological polar surface area (TPSA) is 55.6 Å². The molecule has 1 amide bonds. The smallest absolute Gasteiger partial charge is 0.264 e. The normalized spacial score (nSPS) is 12.5. The van der Waals surface area contributed by atoms with Gasteiger partial charge in [0.15, 0.2) is 0 Å².